The molecule has 7 atom stereocenters. The first-order valence-electron chi connectivity index (χ1n) is 15.3. The number of methoxy groups -OCH3 is 1. The number of β-amino-alcohol motifs (C(OH)–C–C–N with tert-alkyl or cyclic N) is 1. The van der Waals surface area contributed by atoms with E-state index in [0.717, 1.165) is 38.5 Å². The molecule has 0 aromatic rings. The zero-order chi connectivity index (χ0) is 30.5. The van der Waals surface area contributed by atoms with Gasteiger partial charge in [-0.3, -0.25) is 9.59 Å². The van der Waals surface area contributed by atoms with Crippen molar-refractivity contribution in [1.82, 2.24) is 10.2 Å². The van der Waals surface area contributed by atoms with Crippen molar-refractivity contribution in [3.63, 3.8) is 0 Å². The zero-order valence-electron chi connectivity index (χ0n) is 25.7. The Morgan fingerprint density at radius 3 is 2.12 bits per heavy atom. The van der Waals surface area contributed by atoms with Crippen molar-refractivity contribution >= 4 is 11.8 Å². The summed E-state index contributed by atoms with van der Waals surface area (Å²) in [6.45, 7) is 11.1. The Labute approximate surface area is 263 Å². The number of carbonyl (C=O) groups excluding carboxylic acids is 2. The van der Waals surface area contributed by atoms with E-state index < -0.39 is 43.2 Å². The first kappa shape index (κ1) is 48.6. The van der Waals surface area contributed by atoms with Gasteiger partial charge in [0.2, 0.25) is 11.8 Å². The standard InChI is InChI=1S/C25H46N2O9.2C2H6.3CH4/c1-17-23(32)24(33)20(15-28)36-25(17)35-12-8-4-5-9-21(30)26-11-7-3-6-10-22(31)27-14-19(29)13-18(27)16-34-2;2*1-2;;;/h17-20,23-25,28-29,32-33H,3-16H2,1-2H3,(H,26,30);2*1-2H3;3*1H4/t17?,18-,19+,20?,23+,24-,25+;;;;;/m0...../s1. The Bertz CT molecular complexity index is 654. The number of aliphatic hydroxyl groups excluding tert-OH is 4. The number of nitrogens with zero attached hydrogens (tertiary/aromatic N) is 1. The first-order valence-corrected chi connectivity index (χ1v) is 15.3. The van der Waals surface area contributed by atoms with Gasteiger partial charge >= 0.3 is 0 Å². The number of rotatable bonds is 16. The molecule has 2 heterocycles. The summed E-state index contributed by atoms with van der Waals surface area (Å²) in [5.41, 5.74) is 0. The molecule has 0 saturated carbocycles. The lowest BCUT2D eigenvalue weighted by atomic mass is 9.92. The third-order valence-electron chi connectivity index (χ3n) is 6.98. The molecule has 0 radical (unpaired) electrons. The molecule has 2 fully saturated rings. The van der Waals surface area contributed by atoms with Crippen molar-refractivity contribution in [2.45, 2.75) is 151 Å². The highest BCUT2D eigenvalue weighted by Gasteiger charge is 2.42. The number of carbonyl (C=O) groups is 2. The molecule has 2 unspecified atom stereocenters. The Balaban J connectivity index is -0.00000104. The van der Waals surface area contributed by atoms with Crippen LogP contribution in [0.25, 0.3) is 0 Å². The summed E-state index contributed by atoms with van der Waals surface area (Å²) in [5, 5.41) is 41.9. The van der Waals surface area contributed by atoms with E-state index in [0.29, 0.717) is 45.6 Å². The average Bonchev–Trinajstić information content (AvgIpc) is 3.34. The van der Waals surface area contributed by atoms with Crippen LogP contribution in [-0.4, -0.2) is 114 Å². The molecule has 262 valence electrons. The van der Waals surface area contributed by atoms with E-state index in [9.17, 15) is 30.0 Å². The van der Waals surface area contributed by atoms with E-state index >= 15 is 0 Å². The van der Waals surface area contributed by atoms with E-state index in [1.807, 2.05) is 27.7 Å². The molecule has 2 rings (SSSR count). The Kier molecular flexibility index (Phi) is 33.2. The topological polar surface area (TPSA) is 158 Å². The third-order valence-corrected chi connectivity index (χ3v) is 6.98. The number of unbranched alkanes of at least 4 members (excludes halogenated alkanes) is 4. The molecular formula is C32H70N2O9. The highest BCUT2D eigenvalue weighted by atomic mass is 16.7. The number of amides is 2. The molecule has 2 amide bonds. The quantitative estimate of drug-likeness (QED) is 0.160. The van der Waals surface area contributed by atoms with Crippen molar-refractivity contribution in [2.24, 2.45) is 5.92 Å². The van der Waals surface area contributed by atoms with Gasteiger partial charge in [-0.25, -0.2) is 0 Å². The molecule has 5 N–H and O–H groups in total. The van der Waals surface area contributed by atoms with Crippen LogP contribution < -0.4 is 5.32 Å². The van der Waals surface area contributed by atoms with Gasteiger partial charge in [0.1, 0.15) is 12.2 Å². The Hall–Kier alpha value is -1.34. The first-order chi connectivity index (χ1) is 19.3. The van der Waals surface area contributed by atoms with Gasteiger partial charge in [0.05, 0.1) is 31.5 Å². The molecule has 0 aromatic carbocycles. The number of likely N-dealkylation sites (tertiary alicyclic amines) is 1. The summed E-state index contributed by atoms with van der Waals surface area (Å²) >= 11 is 0. The summed E-state index contributed by atoms with van der Waals surface area (Å²) in [6.07, 6.45) is 1.93. The Morgan fingerprint density at radius 1 is 0.907 bits per heavy atom. The van der Waals surface area contributed by atoms with Crippen molar-refractivity contribution in [3.05, 3.63) is 0 Å². The smallest absolute Gasteiger partial charge is 0.222 e. The summed E-state index contributed by atoms with van der Waals surface area (Å²) in [7, 11) is 1.60. The molecule has 0 aliphatic carbocycles. The lowest BCUT2D eigenvalue weighted by molar-refractivity contribution is -0.282. The lowest BCUT2D eigenvalue weighted by Gasteiger charge is -2.40. The third kappa shape index (κ3) is 18.3. The van der Waals surface area contributed by atoms with E-state index in [-0.39, 0.29) is 40.1 Å². The maximum absolute atomic E-state index is 12.4. The fraction of sp³-hybridized carbons (Fsp3) is 0.938. The predicted octanol–water partition coefficient (Wildman–Crippen LogP) is 3.88. The van der Waals surface area contributed by atoms with Crippen molar-refractivity contribution in [1.29, 1.82) is 0 Å². The molecule has 11 nitrogen and oxygen atoms in total. The molecule has 2 saturated heterocycles. The molecule has 0 aromatic heterocycles. The zero-order valence-corrected chi connectivity index (χ0v) is 25.7. The number of ether oxygens (including phenoxy) is 3. The summed E-state index contributed by atoms with van der Waals surface area (Å²) in [6, 6.07) is -0.0481. The summed E-state index contributed by atoms with van der Waals surface area (Å²) in [5.74, 6) is -0.354. The molecule has 0 bridgehead atoms. The largest absolute Gasteiger partial charge is 0.394 e. The van der Waals surface area contributed by atoms with Gasteiger partial charge < -0.3 is 44.9 Å². The van der Waals surface area contributed by atoms with Gasteiger partial charge in [0.25, 0.3) is 0 Å². The maximum atomic E-state index is 12.4. The number of hydrogen-bond donors (Lipinski definition) is 5. The highest BCUT2D eigenvalue weighted by molar-refractivity contribution is 5.77. The van der Waals surface area contributed by atoms with Crippen LogP contribution in [0.15, 0.2) is 0 Å². The van der Waals surface area contributed by atoms with Crippen LogP contribution >= 0.6 is 0 Å². The molecule has 2 aliphatic heterocycles. The van der Waals surface area contributed by atoms with Crippen LogP contribution in [0.4, 0.5) is 0 Å². The number of nitrogens with one attached hydrogen (secondary N) is 1. The molecule has 0 spiro atoms. The maximum Gasteiger partial charge on any atom is 0.222 e. The van der Waals surface area contributed by atoms with Crippen LogP contribution in [0.2, 0.25) is 0 Å². The van der Waals surface area contributed by atoms with Gasteiger partial charge in [0, 0.05) is 45.6 Å². The second-order valence-electron chi connectivity index (χ2n) is 9.95. The fourth-order valence-electron chi connectivity index (χ4n) is 4.76. The van der Waals surface area contributed by atoms with Gasteiger partial charge in [-0.2, -0.15) is 0 Å². The van der Waals surface area contributed by atoms with Crippen molar-refractivity contribution in [3.8, 4) is 0 Å². The van der Waals surface area contributed by atoms with Gasteiger partial charge in [-0.1, -0.05) is 69.7 Å². The molecular weight excluding hydrogens is 556 g/mol. The predicted molar refractivity (Wildman–Crippen MR) is 174 cm³/mol. The van der Waals surface area contributed by atoms with E-state index in [4.69, 9.17) is 14.2 Å². The molecule has 2 aliphatic rings. The van der Waals surface area contributed by atoms with Gasteiger partial charge in [-0.05, 0) is 32.1 Å². The SMILES string of the molecule is C.C.C.CC.CC.COC[C@@H]1C[C@@H](O)CN1C(=O)CCCCCNC(=O)CCCCCO[C@@H]1OC(CO)[C@H](O)[C@H](O)C1C. The highest BCUT2D eigenvalue weighted by Crippen LogP contribution is 2.27. The van der Waals surface area contributed by atoms with Gasteiger partial charge in [-0.15, -0.1) is 0 Å². The molecule has 43 heavy (non-hydrogen) atoms. The van der Waals surface area contributed by atoms with Crippen LogP contribution in [0, 0.1) is 5.92 Å². The number of aliphatic hydroxyl groups is 4. The lowest BCUT2D eigenvalue weighted by Crippen LogP contribution is -2.55. The van der Waals surface area contributed by atoms with Crippen LogP contribution in [0.5, 0.6) is 0 Å². The van der Waals surface area contributed by atoms with Crippen LogP contribution in [-0.2, 0) is 23.8 Å². The average molecular weight is 627 g/mol. The molecule has 11 heteroatoms. The summed E-state index contributed by atoms with van der Waals surface area (Å²) < 4.78 is 16.3. The minimum Gasteiger partial charge on any atom is -0.394 e. The summed E-state index contributed by atoms with van der Waals surface area (Å²) in [4.78, 5) is 26.2. The monoisotopic (exact) mass is 627 g/mol. The second-order valence-corrected chi connectivity index (χ2v) is 9.95. The normalized spacial score (nSPS) is 25.8. The minimum atomic E-state index is -1.13. The van der Waals surface area contributed by atoms with Crippen molar-refractivity contribution < 1.29 is 44.2 Å². The van der Waals surface area contributed by atoms with E-state index in [2.05, 4.69) is 5.32 Å². The minimum absolute atomic E-state index is 0. The second kappa shape index (κ2) is 29.4. The fourth-order valence-corrected chi connectivity index (χ4v) is 4.76. The van der Waals surface area contributed by atoms with Crippen LogP contribution in [0.3, 0.4) is 0 Å². The van der Waals surface area contributed by atoms with Crippen LogP contribution in [0.1, 0.15) is 115 Å². The van der Waals surface area contributed by atoms with Gasteiger partial charge in [0.15, 0.2) is 6.29 Å². The Morgan fingerprint density at radius 2 is 1.51 bits per heavy atom. The van der Waals surface area contributed by atoms with E-state index in [1.165, 1.54) is 0 Å². The van der Waals surface area contributed by atoms with Crippen molar-refractivity contribution in [2.75, 3.05) is 40.0 Å². The number of hydrogen-bond acceptors (Lipinski definition) is 9. The van der Waals surface area contributed by atoms with E-state index in [1.54, 1.807) is 18.9 Å².